The van der Waals surface area contributed by atoms with E-state index in [-0.39, 0.29) is 43.8 Å². The first kappa shape index (κ1) is 29.6. The summed E-state index contributed by atoms with van der Waals surface area (Å²) in [6.45, 7) is 1.90. The highest BCUT2D eigenvalue weighted by atomic mass is 35.5. The summed E-state index contributed by atoms with van der Waals surface area (Å²) < 4.78 is 26.1. The van der Waals surface area contributed by atoms with Gasteiger partial charge in [0, 0.05) is 40.6 Å². The summed E-state index contributed by atoms with van der Waals surface area (Å²) in [5.41, 5.74) is 1.09. The van der Waals surface area contributed by atoms with Gasteiger partial charge < -0.3 is 10.2 Å². The third-order valence-corrected chi connectivity index (χ3v) is 8.49. The van der Waals surface area contributed by atoms with Crippen molar-refractivity contribution in [3.05, 3.63) is 63.1 Å². The van der Waals surface area contributed by atoms with Gasteiger partial charge in [0.15, 0.2) is 0 Å². The third-order valence-electron chi connectivity index (χ3n) is 6.47. The Balaban J connectivity index is 1.74. The molecule has 1 aliphatic carbocycles. The minimum Gasteiger partial charge on any atom is -0.352 e. The molecule has 3 rings (SSSR count). The molecule has 0 saturated heterocycles. The summed E-state index contributed by atoms with van der Waals surface area (Å²) in [4.78, 5) is 28.0. The average molecular weight is 589 g/mol. The number of nitrogens with zero attached hydrogens (tertiary/aromatic N) is 2. The minimum atomic E-state index is -3.60. The van der Waals surface area contributed by atoms with E-state index in [2.05, 4.69) is 5.32 Å². The Hall–Kier alpha value is -2.00. The molecule has 1 saturated carbocycles. The topological polar surface area (TPSA) is 86.8 Å². The molecule has 2 amide bonds. The number of halogens is 3. The van der Waals surface area contributed by atoms with E-state index in [0.29, 0.717) is 26.3 Å². The maximum Gasteiger partial charge on any atom is 0.242 e. The number of hydrogen-bond donors (Lipinski definition) is 1. The van der Waals surface area contributed by atoms with Crippen molar-refractivity contribution >= 4 is 62.3 Å². The summed E-state index contributed by atoms with van der Waals surface area (Å²) in [5, 5.41) is 4.34. The largest absolute Gasteiger partial charge is 0.352 e. The third kappa shape index (κ3) is 8.50. The maximum absolute atomic E-state index is 13.4. The van der Waals surface area contributed by atoms with E-state index in [4.69, 9.17) is 34.8 Å². The monoisotopic (exact) mass is 587 g/mol. The molecule has 2 aromatic carbocycles. The number of anilines is 1. The Bertz CT molecular complexity index is 1220. The fourth-order valence-electron chi connectivity index (χ4n) is 4.44. The normalized spacial score (nSPS) is 14.8. The van der Waals surface area contributed by atoms with E-state index < -0.39 is 16.1 Å². The molecular weight excluding hydrogens is 557 g/mol. The molecule has 0 bridgehead atoms. The van der Waals surface area contributed by atoms with Gasteiger partial charge in [-0.15, -0.1) is 0 Å². The molecule has 202 valence electrons. The summed E-state index contributed by atoms with van der Waals surface area (Å²) in [6, 6.07) is 10.9. The van der Waals surface area contributed by atoms with Gasteiger partial charge in [-0.2, -0.15) is 0 Å². The zero-order valence-corrected chi connectivity index (χ0v) is 24.0. The molecule has 0 aromatic heterocycles. The van der Waals surface area contributed by atoms with Crippen LogP contribution in [0.4, 0.5) is 5.69 Å². The second-order valence-electron chi connectivity index (χ2n) is 9.34. The van der Waals surface area contributed by atoms with Gasteiger partial charge in [-0.1, -0.05) is 59.8 Å². The summed E-state index contributed by atoms with van der Waals surface area (Å²) in [5.74, 6) is -0.498. The maximum atomic E-state index is 13.4. The Morgan fingerprint density at radius 3 is 2.35 bits per heavy atom. The van der Waals surface area contributed by atoms with E-state index in [9.17, 15) is 18.0 Å². The summed E-state index contributed by atoms with van der Waals surface area (Å²) in [6.07, 6.45) is 5.41. The molecule has 0 radical (unpaired) electrons. The van der Waals surface area contributed by atoms with Crippen LogP contribution in [0.15, 0.2) is 42.5 Å². The lowest BCUT2D eigenvalue weighted by molar-refractivity contribution is -0.140. The molecule has 37 heavy (non-hydrogen) atoms. The molecule has 0 aliphatic heterocycles. The van der Waals surface area contributed by atoms with Gasteiger partial charge in [0.1, 0.15) is 6.04 Å². The number of carbonyl (C=O) groups is 2. The van der Waals surface area contributed by atoms with Crippen LogP contribution in [0.25, 0.3) is 0 Å². The van der Waals surface area contributed by atoms with Crippen molar-refractivity contribution in [2.45, 2.75) is 64.1 Å². The molecule has 1 N–H and O–H groups in total. The Morgan fingerprint density at radius 2 is 1.73 bits per heavy atom. The molecule has 1 aliphatic rings. The second kappa shape index (κ2) is 13.2. The number of amides is 2. The van der Waals surface area contributed by atoms with Crippen molar-refractivity contribution < 1.29 is 18.0 Å². The van der Waals surface area contributed by atoms with Crippen molar-refractivity contribution in [2.24, 2.45) is 0 Å². The highest BCUT2D eigenvalue weighted by molar-refractivity contribution is 7.92. The minimum absolute atomic E-state index is 0.0405. The molecule has 1 atom stereocenters. The average Bonchev–Trinajstić information content (AvgIpc) is 3.33. The number of sulfonamides is 1. The summed E-state index contributed by atoms with van der Waals surface area (Å²) >= 11 is 18.4. The predicted molar refractivity (Wildman–Crippen MR) is 150 cm³/mol. The number of nitrogens with one attached hydrogen (secondary N) is 1. The van der Waals surface area contributed by atoms with Crippen LogP contribution in [0, 0.1) is 0 Å². The van der Waals surface area contributed by atoms with Crippen LogP contribution in [0.1, 0.15) is 51.0 Å². The van der Waals surface area contributed by atoms with Gasteiger partial charge in [0.05, 0.1) is 11.9 Å². The van der Waals surface area contributed by atoms with Crippen LogP contribution >= 0.6 is 34.8 Å². The zero-order chi connectivity index (χ0) is 27.2. The lowest BCUT2D eigenvalue weighted by Gasteiger charge is -2.30. The molecule has 2 aromatic rings. The molecule has 0 heterocycles. The van der Waals surface area contributed by atoms with Crippen LogP contribution in [0.2, 0.25) is 15.1 Å². The van der Waals surface area contributed by atoms with Gasteiger partial charge in [-0.3, -0.25) is 13.9 Å². The van der Waals surface area contributed by atoms with Crippen LogP contribution in [-0.2, 0) is 26.2 Å². The van der Waals surface area contributed by atoms with Crippen molar-refractivity contribution in [3.63, 3.8) is 0 Å². The lowest BCUT2D eigenvalue weighted by Crippen LogP contribution is -2.49. The molecule has 1 unspecified atom stereocenters. The molecule has 0 spiro atoms. The fraction of sp³-hybridized carbons (Fsp3) is 0.462. The smallest absolute Gasteiger partial charge is 0.242 e. The second-order valence-corrected chi connectivity index (χ2v) is 12.5. The molecule has 1 fully saturated rings. The van der Waals surface area contributed by atoms with E-state index in [1.54, 1.807) is 49.4 Å². The Labute approximate surface area is 234 Å². The zero-order valence-electron chi connectivity index (χ0n) is 20.9. The number of benzene rings is 2. The Kier molecular flexibility index (Phi) is 10.5. The van der Waals surface area contributed by atoms with Gasteiger partial charge in [-0.25, -0.2) is 8.42 Å². The standard InChI is InChI=1S/C26H32Cl3N3O4S/c1-18(26(34)30-22-8-3-4-9-22)31(17-19-12-13-21(28)16-24(19)29)25(33)11-6-14-32(37(2,35)36)23-10-5-7-20(27)15-23/h5,7,10,12-13,15-16,18,22H,3-4,6,8-9,11,14,17H2,1-2H3,(H,30,34). The molecular formula is C26H32Cl3N3O4S. The first-order valence-electron chi connectivity index (χ1n) is 12.2. The van der Waals surface area contributed by atoms with E-state index in [1.165, 1.54) is 9.21 Å². The van der Waals surface area contributed by atoms with Crippen LogP contribution in [0.3, 0.4) is 0 Å². The Morgan fingerprint density at radius 1 is 1.05 bits per heavy atom. The van der Waals surface area contributed by atoms with Gasteiger partial charge in [0.2, 0.25) is 21.8 Å². The van der Waals surface area contributed by atoms with Crippen molar-refractivity contribution in [1.82, 2.24) is 10.2 Å². The SMILES string of the molecule is CC(C(=O)NC1CCCC1)N(Cc1ccc(Cl)cc1Cl)C(=O)CCCN(c1cccc(Cl)c1)S(C)(=O)=O. The van der Waals surface area contributed by atoms with Crippen molar-refractivity contribution in [1.29, 1.82) is 0 Å². The van der Waals surface area contributed by atoms with Crippen LogP contribution in [0.5, 0.6) is 0 Å². The lowest BCUT2D eigenvalue weighted by atomic mass is 10.1. The number of hydrogen-bond acceptors (Lipinski definition) is 4. The molecule has 11 heteroatoms. The van der Waals surface area contributed by atoms with Crippen molar-refractivity contribution in [3.8, 4) is 0 Å². The highest BCUT2D eigenvalue weighted by Crippen LogP contribution is 2.25. The van der Waals surface area contributed by atoms with E-state index >= 15 is 0 Å². The highest BCUT2D eigenvalue weighted by Gasteiger charge is 2.29. The van der Waals surface area contributed by atoms with Crippen LogP contribution < -0.4 is 9.62 Å². The van der Waals surface area contributed by atoms with Gasteiger partial charge in [0.25, 0.3) is 0 Å². The first-order valence-corrected chi connectivity index (χ1v) is 15.2. The quantitative estimate of drug-likeness (QED) is 0.367. The number of rotatable bonds is 11. The van der Waals surface area contributed by atoms with Crippen molar-refractivity contribution in [2.75, 3.05) is 17.1 Å². The molecule has 7 nitrogen and oxygen atoms in total. The van der Waals surface area contributed by atoms with Gasteiger partial charge >= 0.3 is 0 Å². The number of carbonyl (C=O) groups excluding carboxylic acids is 2. The fourth-order valence-corrected chi connectivity index (χ4v) is 6.05. The predicted octanol–water partition coefficient (Wildman–Crippen LogP) is 5.67. The van der Waals surface area contributed by atoms with Gasteiger partial charge in [-0.05, 0) is 62.1 Å². The summed E-state index contributed by atoms with van der Waals surface area (Å²) in [7, 11) is -3.60. The van der Waals surface area contributed by atoms with E-state index in [0.717, 1.165) is 31.9 Å². The van der Waals surface area contributed by atoms with Crippen LogP contribution in [-0.4, -0.2) is 50.0 Å². The first-order chi connectivity index (χ1) is 17.5. The van der Waals surface area contributed by atoms with E-state index in [1.807, 2.05) is 0 Å².